The molecular formula is C48H56FN9O3. The van der Waals surface area contributed by atoms with Gasteiger partial charge in [0.25, 0.3) is 5.91 Å². The highest BCUT2D eigenvalue weighted by molar-refractivity contribution is 6.01. The number of hydrogen-bond acceptors (Lipinski definition) is 9. The van der Waals surface area contributed by atoms with Crippen LogP contribution in [0.4, 0.5) is 15.8 Å². The smallest absolute Gasteiger partial charge is 0.255 e. The molecule has 2 aromatic carbocycles. The number of aromatic nitrogens is 3. The van der Waals surface area contributed by atoms with Crippen LogP contribution in [0.3, 0.4) is 0 Å². The molecule has 61 heavy (non-hydrogen) atoms. The molecule has 4 aromatic rings. The van der Waals surface area contributed by atoms with E-state index in [1.807, 2.05) is 17.2 Å². The number of pyridine rings is 1. The van der Waals surface area contributed by atoms with Crippen LogP contribution in [0, 0.1) is 11.3 Å². The third-order valence-corrected chi connectivity index (χ3v) is 16.0. The number of carbonyl (C=O) groups is 2. The fourth-order valence-corrected chi connectivity index (χ4v) is 12.3. The second-order valence-electron chi connectivity index (χ2n) is 19.9. The summed E-state index contributed by atoms with van der Waals surface area (Å²) in [6.45, 7) is 14.2. The van der Waals surface area contributed by atoms with E-state index >= 15 is 4.39 Å². The van der Waals surface area contributed by atoms with E-state index < -0.39 is 5.67 Å². The summed E-state index contributed by atoms with van der Waals surface area (Å²) in [4.78, 5) is 42.4. The van der Waals surface area contributed by atoms with Crippen molar-refractivity contribution < 1.29 is 18.7 Å². The number of hydrogen-bond donors (Lipinski definition) is 2. The number of nitrogens with one attached hydrogen (secondary N) is 2. The molecule has 2 saturated carbocycles. The third kappa shape index (κ3) is 6.35. The second kappa shape index (κ2) is 14.0. The molecule has 5 fully saturated rings. The molecule has 3 unspecified atom stereocenters. The quantitative estimate of drug-likeness (QED) is 0.228. The monoisotopic (exact) mass is 825 g/mol. The number of H-pyrrole nitrogens is 1. The Morgan fingerprint density at radius 2 is 1.82 bits per heavy atom. The first-order valence-corrected chi connectivity index (χ1v) is 22.8. The summed E-state index contributed by atoms with van der Waals surface area (Å²) in [5.74, 6) is 1.54. The fraction of sp³-hybridized carbons (Fsp3) is 0.542. The second-order valence-corrected chi connectivity index (χ2v) is 19.9. The Morgan fingerprint density at radius 3 is 2.61 bits per heavy atom. The van der Waals surface area contributed by atoms with E-state index in [2.05, 4.69) is 85.1 Å². The van der Waals surface area contributed by atoms with E-state index in [1.54, 1.807) is 0 Å². The van der Waals surface area contributed by atoms with Crippen LogP contribution in [0.1, 0.15) is 97.1 Å². The molecule has 12 nitrogen and oxygen atoms in total. The average molecular weight is 826 g/mol. The van der Waals surface area contributed by atoms with E-state index in [9.17, 15) is 9.59 Å². The maximum absolute atomic E-state index is 15.4. The fourth-order valence-electron chi connectivity index (χ4n) is 12.3. The number of nitrogens with zero attached hydrogens (tertiary/aromatic N) is 7. The molecule has 318 valence electrons. The lowest BCUT2D eigenvalue weighted by atomic mass is 9.65. The average Bonchev–Trinajstić information content (AvgIpc) is 3.61. The minimum Gasteiger partial charge on any atom is -0.489 e. The molecule has 8 aliphatic rings. The molecule has 0 radical (unpaired) electrons. The molecule has 2 aromatic heterocycles. The molecular weight excluding hydrogens is 770 g/mol. The minimum absolute atomic E-state index is 0.00617. The van der Waals surface area contributed by atoms with Gasteiger partial charge >= 0.3 is 0 Å². The van der Waals surface area contributed by atoms with E-state index in [1.165, 1.54) is 42.5 Å². The molecule has 4 atom stereocenters. The third-order valence-electron chi connectivity index (χ3n) is 16.0. The van der Waals surface area contributed by atoms with Gasteiger partial charge < -0.3 is 24.8 Å². The van der Waals surface area contributed by atoms with E-state index in [0.717, 1.165) is 85.2 Å². The van der Waals surface area contributed by atoms with Crippen LogP contribution < -0.4 is 19.9 Å². The van der Waals surface area contributed by atoms with Gasteiger partial charge in [0.2, 0.25) is 5.91 Å². The Morgan fingerprint density at radius 1 is 0.967 bits per heavy atom. The lowest BCUT2D eigenvalue weighted by Gasteiger charge is -2.55. The van der Waals surface area contributed by atoms with Gasteiger partial charge in [-0.1, -0.05) is 12.6 Å². The summed E-state index contributed by atoms with van der Waals surface area (Å²) in [5, 5.41) is 11.5. The first kappa shape index (κ1) is 37.7. The van der Waals surface area contributed by atoms with Gasteiger partial charge in [0.1, 0.15) is 18.0 Å². The van der Waals surface area contributed by atoms with Crippen molar-refractivity contribution in [2.24, 2.45) is 11.3 Å². The van der Waals surface area contributed by atoms with Crippen molar-refractivity contribution in [3.63, 3.8) is 0 Å². The number of alkyl halides is 1. The molecule has 2 amide bonds. The summed E-state index contributed by atoms with van der Waals surface area (Å²) in [5.41, 5.74) is 8.48. The number of benzene rings is 2. The maximum Gasteiger partial charge on any atom is 0.255 e. The number of fused-ring (bicyclic) bond motifs is 8. The number of rotatable bonds is 7. The van der Waals surface area contributed by atoms with E-state index in [4.69, 9.17) is 9.72 Å². The van der Waals surface area contributed by atoms with Gasteiger partial charge in [-0.05, 0) is 106 Å². The van der Waals surface area contributed by atoms with Gasteiger partial charge in [0.15, 0.2) is 0 Å². The summed E-state index contributed by atoms with van der Waals surface area (Å²) in [6.07, 6.45) is 12.3. The molecule has 1 spiro atoms. The number of ether oxygens (including phenoxy) is 1. The van der Waals surface area contributed by atoms with Crippen LogP contribution in [-0.4, -0.2) is 118 Å². The van der Waals surface area contributed by atoms with Crippen molar-refractivity contribution in [2.45, 2.75) is 101 Å². The Kier molecular flexibility index (Phi) is 8.66. The number of piperazine rings is 1. The molecule has 2 N–H and O–H groups in total. The highest BCUT2D eigenvalue weighted by Gasteiger charge is 2.49. The first-order valence-electron chi connectivity index (χ1n) is 22.8. The number of piperidine rings is 1. The Bertz CT molecular complexity index is 2430. The van der Waals surface area contributed by atoms with Crippen LogP contribution >= 0.6 is 0 Å². The van der Waals surface area contributed by atoms with Crippen LogP contribution in [0.25, 0.3) is 10.9 Å². The van der Waals surface area contributed by atoms with Crippen molar-refractivity contribution in [1.82, 2.24) is 35.2 Å². The van der Waals surface area contributed by atoms with Gasteiger partial charge in [-0.3, -0.25) is 29.5 Å². The standard InChI is InChI=1S/C48H56FN9O3/c1-29-19-36-34(4-7-39-37(36)21-51-53-39)44(58(29)28-48(49)15-16-48)40-6-3-32(20-50-40)55-26-47(27-55)13-11-31(12-14-47)22-54-17-18-56-33(23-54)25-61-45-38-24-57(41-9-10-43(59)52-30(41)2)46(60)35(38)5-8-42(45)56/h3-8,20-21,29,31,33,41,44H,2,9-19,22-28H2,1H3,(H,51,53)(H,52,59)/t29-,33?,41?,44?/m1/s1. The van der Waals surface area contributed by atoms with E-state index in [0.29, 0.717) is 68.1 Å². The minimum atomic E-state index is -1.08. The van der Waals surface area contributed by atoms with E-state index in [-0.39, 0.29) is 29.9 Å². The van der Waals surface area contributed by atoms with Crippen molar-refractivity contribution in [2.75, 3.05) is 62.2 Å². The van der Waals surface area contributed by atoms with Crippen molar-refractivity contribution in [1.29, 1.82) is 0 Å². The largest absolute Gasteiger partial charge is 0.489 e. The van der Waals surface area contributed by atoms with Crippen LogP contribution in [0.5, 0.6) is 5.75 Å². The predicted octanol–water partition coefficient (Wildman–Crippen LogP) is 6.12. The lowest BCUT2D eigenvalue weighted by molar-refractivity contribution is -0.121. The number of aromatic amines is 1. The van der Waals surface area contributed by atoms with Gasteiger partial charge in [-0.25, -0.2) is 4.39 Å². The van der Waals surface area contributed by atoms with Crippen molar-refractivity contribution in [3.05, 3.63) is 89.0 Å². The summed E-state index contributed by atoms with van der Waals surface area (Å²) in [7, 11) is 0. The summed E-state index contributed by atoms with van der Waals surface area (Å²) >= 11 is 0. The molecule has 8 heterocycles. The summed E-state index contributed by atoms with van der Waals surface area (Å²) in [6, 6.07) is 13.1. The van der Waals surface area contributed by atoms with Crippen molar-refractivity contribution >= 4 is 34.1 Å². The molecule has 3 saturated heterocycles. The lowest BCUT2D eigenvalue weighted by Crippen LogP contribution is -2.59. The van der Waals surface area contributed by atoms with Crippen LogP contribution in [-0.2, 0) is 17.8 Å². The molecule has 2 aliphatic carbocycles. The van der Waals surface area contributed by atoms with Gasteiger partial charge in [0.05, 0.1) is 59.6 Å². The van der Waals surface area contributed by atoms with Gasteiger partial charge in [-0.15, -0.1) is 0 Å². The highest BCUT2D eigenvalue weighted by atomic mass is 19.1. The Balaban J connectivity index is 0.657. The number of carbonyl (C=O) groups excluding carboxylic acids is 2. The first-order chi connectivity index (χ1) is 29.6. The van der Waals surface area contributed by atoms with Crippen molar-refractivity contribution in [3.8, 4) is 5.75 Å². The zero-order valence-electron chi connectivity index (χ0n) is 35.2. The van der Waals surface area contributed by atoms with Crippen LogP contribution in [0.2, 0.25) is 0 Å². The van der Waals surface area contributed by atoms with Gasteiger partial charge in [0, 0.05) is 85.9 Å². The molecule has 12 rings (SSSR count). The maximum atomic E-state index is 15.4. The Hall–Kier alpha value is -5.01. The zero-order valence-corrected chi connectivity index (χ0v) is 35.2. The highest BCUT2D eigenvalue weighted by Crippen LogP contribution is 2.50. The zero-order chi connectivity index (χ0) is 41.2. The van der Waals surface area contributed by atoms with Crippen LogP contribution in [0.15, 0.2) is 61.1 Å². The molecule has 6 aliphatic heterocycles. The number of anilines is 2. The number of amides is 2. The number of halogens is 1. The predicted molar refractivity (Wildman–Crippen MR) is 231 cm³/mol. The topological polar surface area (TPSA) is 113 Å². The summed E-state index contributed by atoms with van der Waals surface area (Å²) < 4.78 is 21.9. The van der Waals surface area contributed by atoms with Gasteiger partial charge in [-0.2, -0.15) is 5.10 Å². The SMILES string of the molecule is C=C1NC(=O)CCC1N1Cc2c(ccc3c2OCC2CN(CC4CCC5(CC4)CN(c4ccc(C6c7ccc8[nH]ncc8c7C[C@@H](C)N6CC6(F)CC6)nc4)C5)CCN32)C1=O. The Labute approximate surface area is 356 Å². The normalized spacial score (nSPS) is 28.2. The molecule has 0 bridgehead atoms. The molecule has 13 heteroatoms.